The molecule has 1 aliphatic heterocycles. The number of benzene rings is 2. The maximum atomic E-state index is 12.6. The van der Waals surface area contributed by atoms with Crippen LogP contribution in [0, 0.1) is 0 Å². The fourth-order valence-corrected chi connectivity index (χ4v) is 3.29. The Bertz CT molecular complexity index is 740. The van der Waals surface area contributed by atoms with Crippen LogP contribution in [-0.2, 0) is 4.79 Å². The zero-order chi connectivity index (χ0) is 18.5. The predicted octanol–water partition coefficient (Wildman–Crippen LogP) is 2.14. The summed E-state index contributed by atoms with van der Waals surface area (Å²) in [7, 11) is 0. The number of aliphatic hydroxyl groups excluding tert-OH is 1. The van der Waals surface area contributed by atoms with Gasteiger partial charge >= 0.3 is 0 Å². The first-order valence-electron chi connectivity index (χ1n) is 8.93. The number of carbonyl (C=O) groups is 2. The standard InChI is InChI=1S/C21H24N2O3/c1-16(19(24)17-8-4-2-5-9-17)22-12-14-23(15-13-22)21(26)20(25)18-10-6-3-7-11-18/h2-11,16,20,25H,12-15H2,1H3. The van der Waals surface area contributed by atoms with Crippen molar-refractivity contribution in [3.63, 3.8) is 0 Å². The summed E-state index contributed by atoms with van der Waals surface area (Å²) in [5.41, 5.74) is 1.31. The molecular weight excluding hydrogens is 328 g/mol. The molecule has 1 amide bonds. The molecule has 0 saturated carbocycles. The number of ketones is 1. The van der Waals surface area contributed by atoms with Crippen LogP contribution in [0.25, 0.3) is 0 Å². The second-order valence-corrected chi connectivity index (χ2v) is 6.58. The van der Waals surface area contributed by atoms with E-state index in [-0.39, 0.29) is 17.7 Å². The summed E-state index contributed by atoms with van der Waals surface area (Å²) in [6, 6.07) is 18.0. The van der Waals surface area contributed by atoms with E-state index in [1.54, 1.807) is 29.2 Å². The van der Waals surface area contributed by atoms with Gasteiger partial charge in [-0.2, -0.15) is 0 Å². The number of rotatable bonds is 5. The van der Waals surface area contributed by atoms with E-state index in [0.29, 0.717) is 37.3 Å². The summed E-state index contributed by atoms with van der Waals surface area (Å²) in [6.07, 6.45) is -1.13. The monoisotopic (exact) mass is 352 g/mol. The molecule has 1 heterocycles. The van der Waals surface area contributed by atoms with Crippen LogP contribution < -0.4 is 0 Å². The van der Waals surface area contributed by atoms with Crippen LogP contribution in [0.2, 0.25) is 0 Å². The molecule has 0 aliphatic carbocycles. The summed E-state index contributed by atoms with van der Waals surface area (Å²) >= 11 is 0. The van der Waals surface area contributed by atoms with Gasteiger partial charge in [0.25, 0.3) is 5.91 Å². The Morgan fingerprint density at radius 3 is 2.00 bits per heavy atom. The molecule has 5 nitrogen and oxygen atoms in total. The van der Waals surface area contributed by atoms with E-state index >= 15 is 0 Å². The van der Waals surface area contributed by atoms with Crippen molar-refractivity contribution >= 4 is 11.7 Å². The van der Waals surface area contributed by atoms with Crippen LogP contribution in [0.1, 0.15) is 28.9 Å². The van der Waals surface area contributed by atoms with E-state index in [2.05, 4.69) is 4.90 Å². The van der Waals surface area contributed by atoms with Gasteiger partial charge in [0.2, 0.25) is 0 Å². The van der Waals surface area contributed by atoms with Crippen molar-refractivity contribution in [3.05, 3.63) is 71.8 Å². The lowest BCUT2D eigenvalue weighted by molar-refractivity contribution is -0.142. The lowest BCUT2D eigenvalue weighted by Gasteiger charge is -2.38. The number of hydrogen-bond acceptors (Lipinski definition) is 4. The van der Waals surface area contributed by atoms with Crippen molar-refractivity contribution in [2.24, 2.45) is 0 Å². The number of nitrogens with zero attached hydrogens (tertiary/aromatic N) is 2. The summed E-state index contributed by atoms with van der Waals surface area (Å²) in [5.74, 6) is -0.187. The van der Waals surface area contributed by atoms with Crippen LogP contribution in [0.5, 0.6) is 0 Å². The van der Waals surface area contributed by atoms with Crippen molar-refractivity contribution in [1.82, 2.24) is 9.80 Å². The highest BCUT2D eigenvalue weighted by Gasteiger charge is 2.30. The van der Waals surface area contributed by atoms with Crippen molar-refractivity contribution in [1.29, 1.82) is 0 Å². The molecule has 1 aliphatic rings. The summed E-state index contributed by atoms with van der Waals surface area (Å²) in [5, 5.41) is 10.3. The van der Waals surface area contributed by atoms with Gasteiger partial charge in [-0.1, -0.05) is 60.7 Å². The van der Waals surface area contributed by atoms with Crippen molar-refractivity contribution < 1.29 is 14.7 Å². The third-order valence-corrected chi connectivity index (χ3v) is 4.96. The fraction of sp³-hybridized carbons (Fsp3) is 0.333. The summed E-state index contributed by atoms with van der Waals surface area (Å²) in [6.45, 7) is 4.16. The molecule has 1 fully saturated rings. The average molecular weight is 352 g/mol. The lowest BCUT2D eigenvalue weighted by Crippen LogP contribution is -2.53. The van der Waals surface area contributed by atoms with Crippen LogP contribution >= 0.6 is 0 Å². The lowest BCUT2D eigenvalue weighted by atomic mass is 10.0. The van der Waals surface area contributed by atoms with Crippen molar-refractivity contribution in [2.75, 3.05) is 26.2 Å². The number of hydrogen-bond donors (Lipinski definition) is 1. The average Bonchev–Trinajstić information content (AvgIpc) is 2.73. The SMILES string of the molecule is CC(C(=O)c1ccccc1)N1CCN(C(=O)C(O)c2ccccc2)CC1. The van der Waals surface area contributed by atoms with Gasteiger partial charge in [0.05, 0.1) is 6.04 Å². The minimum atomic E-state index is -1.13. The second kappa shape index (κ2) is 8.25. The zero-order valence-corrected chi connectivity index (χ0v) is 14.9. The Morgan fingerprint density at radius 1 is 0.885 bits per heavy atom. The van der Waals surface area contributed by atoms with Gasteiger partial charge < -0.3 is 10.0 Å². The minimum absolute atomic E-state index is 0.0923. The number of carbonyl (C=O) groups excluding carboxylic acids is 2. The zero-order valence-electron chi connectivity index (χ0n) is 14.9. The first-order chi connectivity index (χ1) is 12.6. The molecule has 2 unspecified atom stereocenters. The highest BCUT2D eigenvalue weighted by molar-refractivity contribution is 5.99. The van der Waals surface area contributed by atoms with E-state index in [9.17, 15) is 14.7 Å². The molecule has 1 saturated heterocycles. The molecule has 0 radical (unpaired) electrons. The highest BCUT2D eigenvalue weighted by atomic mass is 16.3. The molecule has 136 valence electrons. The number of aliphatic hydroxyl groups is 1. The van der Waals surface area contributed by atoms with Gasteiger partial charge in [-0.3, -0.25) is 14.5 Å². The number of piperazine rings is 1. The van der Waals surface area contributed by atoms with Crippen LogP contribution in [0.15, 0.2) is 60.7 Å². The Labute approximate surface area is 153 Å². The highest BCUT2D eigenvalue weighted by Crippen LogP contribution is 2.18. The molecule has 3 rings (SSSR count). The van der Waals surface area contributed by atoms with Gasteiger partial charge in [-0.15, -0.1) is 0 Å². The quantitative estimate of drug-likeness (QED) is 0.838. The Kier molecular flexibility index (Phi) is 5.81. The van der Waals surface area contributed by atoms with E-state index in [1.807, 2.05) is 43.3 Å². The van der Waals surface area contributed by atoms with Crippen LogP contribution in [0.3, 0.4) is 0 Å². The smallest absolute Gasteiger partial charge is 0.256 e. The molecular formula is C21H24N2O3. The molecule has 2 aromatic carbocycles. The molecule has 26 heavy (non-hydrogen) atoms. The molecule has 1 N–H and O–H groups in total. The van der Waals surface area contributed by atoms with Crippen molar-refractivity contribution in [3.8, 4) is 0 Å². The topological polar surface area (TPSA) is 60.9 Å². The molecule has 5 heteroatoms. The maximum Gasteiger partial charge on any atom is 0.256 e. The molecule has 0 bridgehead atoms. The van der Waals surface area contributed by atoms with E-state index in [0.717, 1.165) is 0 Å². The normalized spacial score (nSPS) is 17.5. The summed E-state index contributed by atoms with van der Waals surface area (Å²) < 4.78 is 0. The van der Waals surface area contributed by atoms with Gasteiger partial charge in [-0.05, 0) is 12.5 Å². The van der Waals surface area contributed by atoms with Gasteiger partial charge in [0.15, 0.2) is 11.9 Å². The Balaban J connectivity index is 1.57. The van der Waals surface area contributed by atoms with Crippen LogP contribution in [0.4, 0.5) is 0 Å². The fourth-order valence-electron chi connectivity index (χ4n) is 3.29. The third kappa shape index (κ3) is 4.00. The van der Waals surface area contributed by atoms with Gasteiger partial charge in [0, 0.05) is 31.7 Å². The van der Waals surface area contributed by atoms with E-state index in [1.165, 1.54) is 0 Å². The predicted molar refractivity (Wildman–Crippen MR) is 99.8 cm³/mol. The van der Waals surface area contributed by atoms with E-state index in [4.69, 9.17) is 0 Å². The second-order valence-electron chi connectivity index (χ2n) is 6.58. The molecule has 2 atom stereocenters. The van der Waals surface area contributed by atoms with Gasteiger partial charge in [-0.25, -0.2) is 0 Å². The molecule has 0 aromatic heterocycles. The molecule has 0 spiro atoms. The number of amides is 1. The molecule has 2 aromatic rings. The third-order valence-electron chi connectivity index (χ3n) is 4.96. The summed E-state index contributed by atoms with van der Waals surface area (Å²) in [4.78, 5) is 28.9. The van der Waals surface area contributed by atoms with Crippen molar-refractivity contribution in [2.45, 2.75) is 19.1 Å². The largest absolute Gasteiger partial charge is 0.378 e. The van der Waals surface area contributed by atoms with E-state index < -0.39 is 6.10 Å². The number of Topliss-reactive ketones (excluding diaryl/α,β-unsaturated/α-hetero) is 1. The maximum absolute atomic E-state index is 12.6. The van der Waals surface area contributed by atoms with Gasteiger partial charge in [0.1, 0.15) is 0 Å². The Morgan fingerprint density at radius 2 is 1.42 bits per heavy atom. The van der Waals surface area contributed by atoms with Crippen LogP contribution in [-0.4, -0.2) is 58.8 Å². The Hall–Kier alpha value is -2.50. The minimum Gasteiger partial charge on any atom is -0.378 e. The first-order valence-corrected chi connectivity index (χ1v) is 8.93. The first kappa shape index (κ1) is 18.3.